The number of carbonyl (C=O) groups is 1. The van der Waals surface area contributed by atoms with Gasteiger partial charge in [0, 0.05) is 17.7 Å². The van der Waals surface area contributed by atoms with Crippen molar-refractivity contribution in [3.05, 3.63) is 35.9 Å². The first-order chi connectivity index (χ1) is 13.7. The molecule has 0 radical (unpaired) electrons. The molecule has 0 atom stereocenters. The summed E-state index contributed by atoms with van der Waals surface area (Å²) in [5, 5.41) is -0.739. The van der Waals surface area contributed by atoms with Crippen LogP contribution >= 0.6 is 11.8 Å². The van der Waals surface area contributed by atoms with Crippen molar-refractivity contribution >= 4 is 16.9 Å². The Balaban J connectivity index is 2.95. The number of rotatable bonds is 9. The second kappa shape index (κ2) is 8.70. The van der Waals surface area contributed by atoms with E-state index in [2.05, 4.69) is 0 Å². The molecule has 0 aliphatic rings. The predicted molar refractivity (Wildman–Crippen MR) is 83.3 cm³/mol. The third-order valence-corrected chi connectivity index (χ3v) is 4.87. The molecule has 0 bridgehead atoms. The van der Waals surface area contributed by atoms with Gasteiger partial charge in [-0.05, 0) is 6.42 Å². The molecular weight excluding hydrogens is 487 g/mol. The van der Waals surface area contributed by atoms with Crippen molar-refractivity contribution < 1.29 is 61.9 Å². The molecule has 1 nitrogen and oxygen atoms in total. The van der Waals surface area contributed by atoms with Crippen molar-refractivity contribution in [1.82, 2.24) is 0 Å². The van der Waals surface area contributed by atoms with E-state index < -0.39 is 59.5 Å². The van der Waals surface area contributed by atoms with Crippen LogP contribution in [-0.4, -0.2) is 46.7 Å². The predicted octanol–water partition coefficient (Wildman–Crippen LogP) is 7.08. The highest BCUT2D eigenvalue weighted by Gasteiger charge is 2.90. The second-order valence-electron chi connectivity index (χ2n) is 6.11. The highest BCUT2D eigenvalue weighted by atomic mass is 32.2. The van der Waals surface area contributed by atoms with Crippen LogP contribution in [0, 0.1) is 0 Å². The lowest BCUT2D eigenvalue weighted by Crippen LogP contribution is -2.70. The maximum atomic E-state index is 13.6. The average Bonchev–Trinajstić information content (AvgIpc) is 2.64. The van der Waals surface area contributed by atoms with Gasteiger partial charge in [-0.3, -0.25) is 4.79 Å². The Hall–Kier alpha value is -1.67. The standard InChI is InChI=1S/C16H11F13OS/c17-11(18,7-4-8-31-10(30)9-5-2-1-3-6-9)12(19,20)13(21,22)14(23,24)15(25,26)16(27,28)29/h1-3,5-6H,4,7-8H2. The first kappa shape index (κ1) is 27.4. The molecular formula is C16H11F13OS. The van der Waals surface area contributed by atoms with E-state index in [1.165, 1.54) is 30.3 Å². The van der Waals surface area contributed by atoms with Gasteiger partial charge in [0.15, 0.2) is 0 Å². The van der Waals surface area contributed by atoms with Crippen molar-refractivity contribution in [3.8, 4) is 0 Å². The van der Waals surface area contributed by atoms with Crippen LogP contribution < -0.4 is 0 Å². The van der Waals surface area contributed by atoms with Crippen molar-refractivity contribution in [3.63, 3.8) is 0 Å². The molecule has 15 heteroatoms. The van der Waals surface area contributed by atoms with Crippen LogP contribution in [0.4, 0.5) is 57.1 Å². The highest BCUT2D eigenvalue weighted by molar-refractivity contribution is 8.14. The molecule has 0 spiro atoms. The SMILES string of the molecule is O=C(SCCCC(F)(F)C(F)(F)C(F)(F)C(F)(F)C(F)(F)C(F)(F)F)c1ccccc1. The molecule has 0 unspecified atom stereocenters. The molecule has 0 amide bonds. The van der Waals surface area contributed by atoms with E-state index in [0.29, 0.717) is 0 Å². The zero-order chi connectivity index (χ0) is 24.5. The molecule has 1 rings (SSSR count). The number of thioether (sulfide) groups is 1. The van der Waals surface area contributed by atoms with Crippen molar-refractivity contribution in [1.29, 1.82) is 0 Å². The first-order valence-electron chi connectivity index (χ1n) is 7.92. The molecule has 0 N–H and O–H groups in total. The van der Waals surface area contributed by atoms with Gasteiger partial charge in [0.25, 0.3) is 0 Å². The topological polar surface area (TPSA) is 17.1 Å². The Morgan fingerprint density at radius 3 is 1.58 bits per heavy atom. The molecule has 0 saturated carbocycles. The van der Waals surface area contributed by atoms with Gasteiger partial charge in [-0.15, -0.1) is 0 Å². The van der Waals surface area contributed by atoms with Gasteiger partial charge in [0.05, 0.1) is 0 Å². The lowest BCUT2D eigenvalue weighted by Gasteiger charge is -2.39. The van der Waals surface area contributed by atoms with Gasteiger partial charge >= 0.3 is 35.8 Å². The number of hydrogen-bond acceptors (Lipinski definition) is 2. The monoisotopic (exact) mass is 498 g/mol. The van der Waals surface area contributed by atoms with Crippen molar-refractivity contribution in [2.24, 2.45) is 0 Å². The summed E-state index contributed by atoms with van der Waals surface area (Å²) in [5.41, 5.74) is 0.0603. The van der Waals surface area contributed by atoms with E-state index in [9.17, 15) is 61.9 Å². The van der Waals surface area contributed by atoms with Gasteiger partial charge in [0.1, 0.15) is 0 Å². The fourth-order valence-electron chi connectivity index (χ4n) is 2.08. The fourth-order valence-corrected chi connectivity index (χ4v) is 2.85. The molecule has 178 valence electrons. The zero-order valence-corrected chi connectivity index (χ0v) is 15.6. The maximum absolute atomic E-state index is 13.6. The summed E-state index contributed by atoms with van der Waals surface area (Å²) in [4.78, 5) is 11.7. The minimum absolute atomic E-state index is 0.0603. The van der Waals surface area contributed by atoms with E-state index in [-0.39, 0.29) is 17.3 Å². The van der Waals surface area contributed by atoms with E-state index >= 15 is 0 Å². The molecule has 0 aliphatic carbocycles. The number of carbonyl (C=O) groups excluding carboxylic acids is 1. The third-order valence-electron chi connectivity index (χ3n) is 3.88. The summed E-state index contributed by atoms with van der Waals surface area (Å²) in [6.07, 6.45) is -10.9. The molecule has 0 heterocycles. The third kappa shape index (κ3) is 4.90. The Morgan fingerprint density at radius 2 is 1.13 bits per heavy atom. The Kier molecular flexibility index (Phi) is 7.68. The van der Waals surface area contributed by atoms with Gasteiger partial charge in [0.2, 0.25) is 5.12 Å². The Bertz CT molecular complexity index is 759. The second-order valence-corrected chi connectivity index (χ2v) is 7.17. The smallest absolute Gasteiger partial charge is 0.282 e. The van der Waals surface area contributed by atoms with E-state index in [1.54, 1.807) is 0 Å². The van der Waals surface area contributed by atoms with Crippen LogP contribution in [0.2, 0.25) is 0 Å². The first-order valence-corrected chi connectivity index (χ1v) is 8.90. The molecule has 31 heavy (non-hydrogen) atoms. The van der Waals surface area contributed by atoms with Gasteiger partial charge in [-0.2, -0.15) is 57.1 Å². The molecule has 0 aromatic heterocycles. The summed E-state index contributed by atoms with van der Waals surface area (Å²) in [7, 11) is 0. The minimum Gasteiger partial charge on any atom is -0.282 e. The van der Waals surface area contributed by atoms with Gasteiger partial charge < -0.3 is 0 Å². The van der Waals surface area contributed by atoms with Crippen LogP contribution in [0.5, 0.6) is 0 Å². The van der Waals surface area contributed by atoms with E-state index in [0.717, 1.165) is 0 Å². The molecule has 1 aromatic carbocycles. The largest absolute Gasteiger partial charge is 0.460 e. The fraction of sp³-hybridized carbons (Fsp3) is 0.562. The molecule has 1 aromatic rings. The quantitative estimate of drug-likeness (QED) is 0.268. The van der Waals surface area contributed by atoms with Crippen LogP contribution in [0.1, 0.15) is 23.2 Å². The highest BCUT2D eigenvalue weighted by Crippen LogP contribution is 2.60. The Morgan fingerprint density at radius 1 is 0.677 bits per heavy atom. The average molecular weight is 498 g/mol. The summed E-state index contributed by atoms with van der Waals surface area (Å²) in [6.45, 7) is 0. The Labute approximate surface area is 170 Å². The van der Waals surface area contributed by atoms with E-state index in [1.807, 2.05) is 0 Å². The summed E-state index contributed by atoms with van der Waals surface area (Å²) < 4.78 is 168. The van der Waals surface area contributed by atoms with Crippen LogP contribution in [0.3, 0.4) is 0 Å². The molecule has 0 fully saturated rings. The number of halogens is 13. The summed E-state index contributed by atoms with van der Waals surface area (Å²) >= 11 is 0.280. The number of hydrogen-bond donors (Lipinski definition) is 0. The van der Waals surface area contributed by atoms with E-state index in [4.69, 9.17) is 0 Å². The van der Waals surface area contributed by atoms with Crippen molar-refractivity contribution in [2.75, 3.05) is 5.75 Å². The summed E-state index contributed by atoms with van der Waals surface area (Å²) in [6, 6.07) is 6.94. The van der Waals surface area contributed by atoms with Crippen LogP contribution in [-0.2, 0) is 0 Å². The summed E-state index contributed by atoms with van der Waals surface area (Å²) in [5.74, 6) is -37.5. The number of alkyl halides is 13. The normalized spacial score (nSPS) is 14.6. The molecule has 0 aliphatic heterocycles. The maximum Gasteiger partial charge on any atom is 0.460 e. The lowest BCUT2D eigenvalue weighted by molar-refractivity contribution is -0.440. The lowest BCUT2D eigenvalue weighted by atomic mass is 9.92. The minimum atomic E-state index is -7.90. The number of benzene rings is 1. The zero-order valence-electron chi connectivity index (χ0n) is 14.7. The van der Waals surface area contributed by atoms with Gasteiger partial charge in [-0.25, -0.2) is 0 Å². The van der Waals surface area contributed by atoms with Gasteiger partial charge in [-0.1, -0.05) is 42.1 Å². The van der Waals surface area contributed by atoms with Crippen LogP contribution in [0.25, 0.3) is 0 Å². The molecule has 0 saturated heterocycles. The van der Waals surface area contributed by atoms with Crippen molar-refractivity contribution in [2.45, 2.75) is 48.6 Å². The van der Waals surface area contributed by atoms with Crippen LogP contribution in [0.15, 0.2) is 30.3 Å².